The van der Waals surface area contributed by atoms with Crippen LogP contribution >= 0.6 is 0 Å². The van der Waals surface area contributed by atoms with Crippen molar-refractivity contribution in [1.82, 2.24) is 0 Å². The molecule has 0 aromatic heterocycles. The van der Waals surface area contributed by atoms with E-state index >= 15 is 0 Å². The molecule has 0 bridgehead atoms. The Morgan fingerprint density at radius 2 is 1.80 bits per heavy atom. The van der Waals surface area contributed by atoms with Crippen molar-refractivity contribution in [3.8, 4) is 0 Å². The molecular formula is C2H3O2Tl+2. The van der Waals surface area contributed by atoms with Crippen LogP contribution in [0.15, 0.2) is 0 Å². The summed E-state index contributed by atoms with van der Waals surface area (Å²) in [6, 6.07) is 0. The molecule has 0 aliphatic rings. The molecule has 0 aromatic rings. The van der Waals surface area contributed by atoms with Crippen molar-refractivity contribution in [2.24, 2.45) is 0 Å². The molecule has 0 amide bonds. The van der Waals surface area contributed by atoms with Crippen LogP contribution in [-0.4, -0.2) is 33.3 Å². The van der Waals surface area contributed by atoms with Gasteiger partial charge in [0.2, 0.25) is 0 Å². The van der Waals surface area contributed by atoms with Crippen molar-refractivity contribution in [2.45, 2.75) is 6.92 Å². The molecule has 2 nitrogen and oxygen atoms in total. The zero-order valence-electron chi connectivity index (χ0n) is 2.89. The molecule has 0 rings (SSSR count). The SMILES string of the molecule is CC(=O)[O-].[Tl+3]. The average molecular weight is 263 g/mol. The van der Waals surface area contributed by atoms with Crippen LogP contribution in [0.4, 0.5) is 0 Å². The number of carboxylic acid groups (broad SMARTS) is 1. The zero-order valence-corrected chi connectivity index (χ0v) is 7.38. The Kier molecular flexibility index (Phi) is 7.94. The van der Waals surface area contributed by atoms with Crippen LogP contribution < -0.4 is 5.11 Å². The van der Waals surface area contributed by atoms with E-state index in [0.29, 0.717) is 0 Å². The van der Waals surface area contributed by atoms with Crippen LogP contribution in [0, 0.1) is 0 Å². The van der Waals surface area contributed by atoms with Crippen LogP contribution in [0.5, 0.6) is 0 Å². The van der Waals surface area contributed by atoms with Gasteiger partial charge in [-0.05, 0) is 6.92 Å². The number of carbonyl (C=O) groups excluding carboxylic acids is 1. The Morgan fingerprint density at radius 3 is 1.80 bits per heavy atom. The first-order valence-electron chi connectivity index (χ1n) is 0.908. The first-order valence-corrected chi connectivity index (χ1v) is 0.908. The van der Waals surface area contributed by atoms with Crippen molar-refractivity contribution in [3.63, 3.8) is 0 Å². The molecule has 0 aliphatic heterocycles. The van der Waals surface area contributed by atoms with Gasteiger partial charge in [0.1, 0.15) is 0 Å². The molecule has 0 saturated heterocycles. The predicted octanol–water partition coefficient (Wildman–Crippen LogP) is -1.62. The minimum atomic E-state index is -1.08. The van der Waals surface area contributed by atoms with Gasteiger partial charge in [0.05, 0.1) is 0 Å². The summed E-state index contributed by atoms with van der Waals surface area (Å²) in [7, 11) is 0. The maximum absolute atomic E-state index is 8.89. The van der Waals surface area contributed by atoms with Crippen LogP contribution in [0.1, 0.15) is 6.92 Å². The maximum atomic E-state index is 8.89. The van der Waals surface area contributed by atoms with E-state index in [1.165, 1.54) is 0 Å². The number of carbonyl (C=O) groups is 1. The summed E-state index contributed by atoms with van der Waals surface area (Å²) in [5.41, 5.74) is 0. The van der Waals surface area contributed by atoms with Crippen LogP contribution in [0.3, 0.4) is 0 Å². The van der Waals surface area contributed by atoms with Crippen molar-refractivity contribution in [3.05, 3.63) is 0 Å². The van der Waals surface area contributed by atoms with Gasteiger partial charge in [-0.3, -0.25) is 0 Å². The fourth-order valence-electron chi connectivity index (χ4n) is 0. The topological polar surface area (TPSA) is 40.1 Å². The molecule has 0 radical (unpaired) electrons. The van der Waals surface area contributed by atoms with E-state index in [0.717, 1.165) is 6.92 Å². The van der Waals surface area contributed by atoms with Crippen molar-refractivity contribution in [1.29, 1.82) is 0 Å². The van der Waals surface area contributed by atoms with Crippen molar-refractivity contribution < 1.29 is 9.90 Å². The summed E-state index contributed by atoms with van der Waals surface area (Å²) in [5, 5.41) is 8.89. The summed E-state index contributed by atoms with van der Waals surface area (Å²) in [4.78, 5) is 8.89. The molecule has 3 heteroatoms. The Labute approximate surface area is 50.3 Å². The van der Waals surface area contributed by atoms with Gasteiger partial charge in [-0.25, -0.2) is 0 Å². The van der Waals surface area contributed by atoms with E-state index in [9.17, 15) is 0 Å². The monoisotopic (exact) mass is 264 g/mol. The molecule has 0 fully saturated rings. The number of hydrogen-bond donors (Lipinski definition) is 0. The number of hydrogen-bond acceptors (Lipinski definition) is 2. The average Bonchev–Trinajstić information content (AvgIpc) is 0.811. The summed E-state index contributed by atoms with van der Waals surface area (Å²) in [6.07, 6.45) is 0. The molecule has 0 aliphatic carbocycles. The van der Waals surface area contributed by atoms with Crippen molar-refractivity contribution >= 4 is 33.3 Å². The van der Waals surface area contributed by atoms with Gasteiger partial charge in [0.15, 0.2) is 0 Å². The molecule has 0 heterocycles. The van der Waals surface area contributed by atoms with Crippen LogP contribution in [0.25, 0.3) is 0 Å². The van der Waals surface area contributed by atoms with E-state index < -0.39 is 5.97 Å². The van der Waals surface area contributed by atoms with E-state index in [4.69, 9.17) is 9.90 Å². The Balaban J connectivity index is 0. The van der Waals surface area contributed by atoms with Crippen LogP contribution in [-0.2, 0) is 4.79 Å². The minimum absolute atomic E-state index is 0. The summed E-state index contributed by atoms with van der Waals surface area (Å²) >= 11 is 0. The van der Waals surface area contributed by atoms with Crippen LogP contribution in [0.2, 0.25) is 0 Å². The van der Waals surface area contributed by atoms with E-state index in [2.05, 4.69) is 0 Å². The normalized spacial score (nSPS) is 5.00. The smallest absolute Gasteiger partial charge is 0.550 e. The van der Waals surface area contributed by atoms with Crippen molar-refractivity contribution in [2.75, 3.05) is 0 Å². The van der Waals surface area contributed by atoms with Gasteiger partial charge in [-0.15, -0.1) is 0 Å². The molecule has 0 aromatic carbocycles. The third-order valence-electron chi connectivity index (χ3n) is 0. The molecular weight excluding hydrogens is 260 g/mol. The Morgan fingerprint density at radius 1 is 1.80 bits per heavy atom. The molecule has 0 saturated carbocycles. The Bertz CT molecular complexity index is 30.6. The van der Waals surface area contributed by atoms with E-state index in [1.54, 1.807) is 0 Å². The second kappa shape index (κ2) is 4.39. The number of aliphatic carboxylic acids is 1. The summed E-state index contributed by atoms with van der Waals surface area (Å²) in [5.74, 6) is -1.08. The van der Waals surface area contributed by atoms with Gasteiger partial charge >= 0.3 is 27.3 Å². The fourth-order valence-corrected chi connectivity index (χ4v) is 0. The Hall–Kier alpha value is 0.392. The molecule has 0 spiro atoms. The second-order valence-corrected chi connectivity index (χ2v) is 0.492. The third kappa shape index (κ3) is 163. The van der Waals surface area contributed by atoms with E-state index in [1.807, 2.05) is 0 Å². The number of carboxylic acids is 1. The van der Waals surface area contributed by atoms with Gasteiger partial charge in [0.25, 0.3) is 0 Å². The third-order valence-corrected chi connectivity index (χ3v) is 0. The summed E-state index contributed by atoms with van der Waals surface area (Å²) in [6.45, 7) is 0.972. The predicted molar refractivity (Wildman–Crippen MR) is 16.4 cm³/mol. The van der Waals surface area contributed by atoms with Gasteiger partial charge in [0, 0.05) is 5.97 Å². The fraction of sp³-hybridized carbons (Fsp3) is 0.500. The standard InChI is InChI=1S/C2H4O2.Tl/c1-2(3)4;/h1H3,(H,3,4);/q;+3/p-1. The molecule has 0 atom stereocenters. The largest absolute Gasteiger partial charge is 3.00 e. The molecule has 0 unspecified atom stereocenters. The second-order valence-electron chi connectivity index (χ2n) is 0.492. The van der Waals surface area contributed by atoms with Gasteiger partial charge in [-0.2, -0.15) is 0 Å². The number of rotatable bonds is 0. The first kappa shape index (κ1) is 9.04. The quantitative estimate of drug-likeness (QED) is 0.493. The maximum Gasteiger partial charge on any atom is 3.00 e. The summed E-state index contributed by atoms with van der Waals surface area (Å²) < 4.78 is 0. The molecule has 0 N–H and O–H groups in total. The van der Waals surface area contributed by atoms with Gasteiger partial charge < -0.3 is 9.90 Å². The first-order chi connectivity index (χ1) is 1.73. The molecule has 5 heavy (non-hydrogen) atoms. The molecule has 24 valence electrons. The minimum Gasteiger partial charge on any atom is -0.550 e. The van der Waals surface area contributed by atoms with Gasteiger partial charge in [-0.1, -0.05) is 0 Å². The zero-order chi connectivity index (χ0) is 3.58. The van der Waals surface area contributed by atoms with E-state index in [-0.39, 0.29) is 27.3 Å².